The van der Waals surface area contributed by atoms with Crippen LogP contribution in [0.2, 0.25) is 0 Å². The Hall–Kier alpha value is -1.04. The van der Waals surface area contributed by atoms with Crippen LogP contribution in [0.5, 0.6) is 0 Å². The van der Waals surface area contributed by atoms with Crippen molar-refractivity contribution in [3.05, 3.63) is 49.6 Å². The van der Waals surface area contributed by atoms with Gasteiger partial charge < -0.3 is 0 Å². The van der Waals surface area contributed by atoms with E-state index in [0.29, 0.717) is 0 Å². The molecule has 0 radical (unpaired) electrons. The minimum Gasteiger partial charge on any atom is -0.0991 e. The minimum atomic E-state index is 1.25. The van der Waals surface area contributed by atoms with Gasteiger partial charge in [0.1, 0.15) is 0 Å². The Kier molecular flexibility index (Phi) is 357. The number of hydrogen-bond donors (Lipinski definition) is 0. The Morgan fingerprint density at radius 2 is 0.586 bits per heavy atom. The van der Waals surface area contributed by atoms with Crippen LogP contribution in [0.15, 0.2) is 49.6 Å². The number of allylic oxidation sites excluding steroid dienone is 6. The molecule has 0 saturated heterocycles. The third-order valence-corrected chi connectivity index (χ3v) is 1.66. The topological polar surface area (TPSA) is 0 Å². The maximum atomic E-state index is 3.36. The molecule has 0 nitrogen and oxygen atoms in total. The van der Waals surface area contributed by atoms with Gasteiger partial charge in [0.2, 0.25) is 0 Å². The highest BCUT2D eigenvalue weighted by Crippen LogP contribution is 1.77. The molecule has 0 rings (SSSR count). The van der Waals surface area contributed by atoms with Crippen molar-refractivity contribution in [2.75, 3.05) is 0 Å². The first-order chi connectivity index (χ1) is 14.1. The van der Waals surface area contributed by atoms with Crippen molar-refractivity contribution in [3.63, 3.8) is 0 Å². The van der Waals surface area contributed by atoms with Crippen LogP contribution in [0.4, 0.5) is 0 Å². The predicted octanol–water partition coefficient (Wildman–Crippen LogP) is 12.6. The standard InChI is InChI=1S/C6H10.2C4H10.C4H6.C3H8.4C2H6/c1-3-5-6-4-2;3*1-3-4-2;1-3-2;4*1-2/h3-6H,1-2H3;2*3-4H2,1-2H3;3-4H,1-2H2;3H2,1-2H3;4*1-2H3. The summed E-state index contributed by atoms with van der Waals surface area (Å²) in [6.45, 7) is 39.7. The van der Waals surface area contributed by atoms with E-state index in [1.54, 1.807) is 12.2 Å². The van der Waals surface area contributed by atoms with Crippen LogP contribution in [0.1, 0.15) is 143 Å². The molecule has 0 N–H and O–H groups in total. The lowest BCUT2D eigenvalue weighted by Crippen LogP contribution is -1.47. The van der Waals surface area contributed by atoms with E-state index in [2.05, 4.69) is 54.7 Å². The van der Waals surface area contributed by atoms with Crippen molar-refractivity contribution in [3.8, 4) is 0 Å². The lowest BCUT2D eigenvalue weighted by Gasteiger charge is -1.68. The van der Waals surface area contributed by atoms with Crippen molar-refractivity contribution in [1.82, 2.24) is 0 Å². The molecule has 0 fully saturated rings. The molecule has 0 aliphatic rings. The molecule has 0 aliphatic carbocycles. The molecule has 0 aromatic carbocycles. The van der Waals surface area contributed by atoms with Crippen molar-refractivity contribution in [1.29, 1.82) is 0 Å². The maximum absolute atomic E-state index is 3.36. The Bertz CT molecular complexity index is 148. The molecule has 0 aromatic heterocycles. The molecular weight excluding hydrogens is 348 g/mol. The molecule has 0 bridgehead atoms. The molecule has 0 aromatic rings. The second-order valence-corrected chi connectivity index (χ2v) is 4.23. The number of unbranched alkanes of at least 4 members (excludes halogenated alkanes) is 2. The van der Waals surface area contributed by atoms with Crippen molar-refractivity contribution < 1.29 is 0 Å². The Labute approximate surface area is 192 Å². The van der Waals surface area contributed by atoms with Gasteiger partial charge in [0.15, 0.2) is 0 Å². The SMILES string of the molecule is C=CC=C.CC.CC.CC.CC.CC=CC=CC.CCC.CCCC.CCCC. The fourth-order valence-electron chi connectivity index (χ4n) is 0.222. The molecular formula is C29H68. The second-order valence-electron chi connectivity index (χ2n) is 4.23. The van der Waals surface area contributed by atoms with Crippen LogP contribution >= 0.6 is 0 Å². The van der Waals surface area contributed by atoms with E-state index in [4.69, 9.17) is 0 Å². The van der Waals surface area contributed by atoms with Gasteiger partial charge in [-0.15, -0.1) is 0 Å². The van der Waals surface area contributed by atoms with Crippen LogP contribution in [0.25, 0.3) is 0 Å². The summed E-state index contributed by atoms with van der Waals surface area (Å²) in [6, 6.07) is 0. The third-order valence-electron chi connectivity index (χ3n) is 1.66. The molecule has 0 heteroatoms. The molecule has 0 atom stereocenters. The Morgan fingerprint density at radius 3 is 0.621 bits per heavy atom. The zero-order valence-electron chi connectivity index (χ0n) is 24.4. The van der Waals surface area contributed by atoms with E-state index < -0.39 is 0 Å². The van der Waals surface area contributed by atoms with Gasteiger partial charge in [-0.25, -0.2) is 0 Å². The fraction of sp³-hybridized carbons (Fsp3) is 0.724. The predicted molar refractivity (Wildman–Crippen MR) is 153 cm³/mol. The van der Waals surface area contributed by atoms with Gasteiger partial charge in [0.25, 0.3) is 0 Å². The summed E-state index contributed by atoms with van der Waals surface area (Å²) >= 11 is 0. The first kappa shape index (κ1) is 56.5. The molecule has 0 aliphatic heterocycles. The summed E-state index contributed by atoms with van der Waals surface area (Å²) < 4.78 is 0. The fourth-order valence-corrected chi connectivity index (χ4v) is 0.222. The van der Waals surface area contributed by atoms with Gasteiger partial charge in [0.05, 0.1) is 0 Å². The van der Waals surface area contributed by atoms with Crippen LogP contribution in [0, 0.1) is 0 Å². The molecule has 184 valence electrons. The largest absolute Gasteiger partial charge is 0.0991 e. The molecule has 0 saturated carbocycles. The minimum absolute atomic E-state index is 1.25. The summed E-state index contributed by atoms with van der Waals surface area (Å²) in [5.74, 6) is 0. The average molecular weight is 417 g/mol. The van der Waals surface area contributed by atoms with E-state index in [-0.39, 0.29) is 0 Å². The molecule has 0 amide bonds. The smallest absolute Gasteiger partial charge is 0.0467 e. The third kappa shape index (κ3) is 683. The molecule has 29 heavy (non-hydrogen) atoms. The van der Waals surface area contributed by atoms with Gasteiger partial charge >= 0.3 is 0 Å². The lowest BCUT2D eigenvalue weighted by atomic mass is 10.4. The number of rotatable bonds is 4. The van der Waals surface area contributed by atoms with Gasteiger partial charge in [-0.2, -0.15) is 0 Å². The molecule has 0 spiro atoms. The highest BCUT2D eigenvalue weighted by molar-refractivity contribution is 4.98. The first-order valence-electron chi connectivity index (χ1n) is 12.5. The van der Waals surface area contributed by atoms with E-state index in [1.807, 2.05) is 93.5 Å². The van der Waals surface area contributed by atoms with Crippen molar-refractivity contribution in [2.24, 2.45) is 0 Å². The van der Waals surface area contributed by atoms with Crippen LogP contribution < -0.4 is 0 Å². The van der Waals surface area contributed by atoms with E-state index in [1.165, 1.54) is 32.1 Å². The summed E-state index contributed by atoms with van der Waals surface area (Å²) in [7, 11) is 0. The van der Waals surface area contributed by atoms with Gasteiger partial charge in [-0.05, 0) is 13.8 Å². The number of hydrogen-bond acceptors (Lipinski definition) is 0. The summed E-state index contributed by atoms with van der Waals surface area (Å²) in [5.41, 5.74) is 0. The highest BCUT2D eigenvalue weighted by atomic mass is 13.6. The average Bonchev–Trinajstić information content (AvgIpc) is 2.83. The van der Waals surface area contributed by atoms with E-state index >= 15 is 0 Å². The Balaban J connectivity index is -0.0000000229. The van der Waals surface area contributed by atoms with Gasteiger partial charge in [0, 0.05) is 0 Å². The zero-order valence-corrected chi connectivity index (χ0v) is 24.4. The molecule has 0 unspecified atom stereocenters. The second kappa shape index (κ2) is 183. The normalized spacial score (nSPS) is 6.62. The first-order valence-corrected chi connectivity index (χ1v) is 12.5. The van der Waals surface area contributed by atoms with Crippen LogP contribution in [0.3, 0.4) is 0 Å². The van der Waals surface area contributed by atoms with Crippen molar-refractivity contribution in [2.45, 2.75) is 143 Å². The quantitative estimate of drug-likeness (QED) is 0.399. The van der Waals surface area contributed by atoms with E-state index in [0.717, 1.165) is 0 Å². The van der Waals surface area contributed by atoms with Crippen LogP contribution in [-0.2, 0) is 0 Å². The van der Waals surface area contributed by atoms with Crippen LogP contribution in [-0.4, -0.2) is 0 Å². The molecule has 0 heterocycles. The zero-order chi connectivity index (χ0) is 25.8. The summed E-state index contributed by atoms with van der Waals surface area (Å²) in [4.78, 5) is 0. The monoisotopic (exact) mass is 417 g/mol. The highest BCUT2D eigenvalue weighted by Gasteiger charge is 1.56. The Morgan fingerprint density at radius 1 is 0.448 bits per heavy atom. The summed E-state index contributed by atoms with van der Waals surface area (Å²) in [6.07, 6.45) is 17.8. The van der Waals surface area contributed by atoms with E-state index in [9.17, 15) is 0 Å². The summed E-state index contributed by atoms with van der Waals surface area (Å²) in [5, 5.41) is 0. The van der Waals surface area contributed by atoms with Crippen molar-refractivity contribution >= 4 is 0 Å². The maximum Gasteiger partial charge on any atom is -0.0467 e. The lowest BCUT2D eigenvalue weighted by molar-refractivity contribution is 0.886. The van der Waals surface area contributed by atoms with Gasteiger partial charge in [-0.3, -0.25) is 0 Å². The van der Waals surface area contributed by atoms with Gasteiger partial charge in [-0.1, -0.05) is 179 Å².